The van der Waals surface area contributed by atoms with Crippen LogP contribution in [-0.4, -0.2) is 28.3 Å². The van der Waals surface area contributed by atoms with E-state index in [-0.39, 0.29) is 11.7 Å². The number of nitro benzene ring substituents is 1. The summed E-state index contributed by atoms with van der Waals surface area (Å²) in [5.74, 6) is 0.492. The second-order valence-electron chi connectivity index (χ2n) is 7.20. The minimum Gasteiger partial charge on any atom is -0.484 e. The van der Waals surface area contributed by atoms with E-state index >= 15 is 0 Å². The van der Waals surface area contributed by atoms with Gasteiger partial charge in [-0.05, 0) is 45.4 Å². The lowest BCUT2D eigenvalue weighted by Gasteiger charge is -2.43. The molecule has 0 bridgehead atoms. The first kappa shape index (κ1) is 18.4. The van der Waals surface area contributed by atoms with Gasteiger partial charge in [-0.3, -0.25) is 10.1 Å². The number of benzene rings is 2. The van der Waals surface area contributed by atoms with E-state index in [1.165, 1.54) is 11.6 Å². The van der Waals surface area contributed by atoms with Crippen molar-refractivity contribution >= 4 is 5.69 Å². The van der Waals surface area contributed by atoms with Crippen LogP contribution in [0.15, 0.2) is 42.5 Å². The molecule has 6 nitrogen and oxygen atoms in total. The number of aliphatic hydroxyl groups excluding tert-OH is 1. The summed E-state index contributed by atoms with van der Waals surface area (Å²) >= 11 is 0. The topological polar surface area (TPSA) is 84.6 Å². The van der Waals surface area contributed by atoms with Gasteiger partial charge in [0.2, 0.25) is 0 Å². The Balaban J connectivity index is 1.87. The highest BCUT2D eigenvalue weighted by Gasteiger charge is 2.44. The Morgan fingerprint density at radius 3 is 2.58 bits per heavy atom. The summed E-state index contributed by atoms with van der Waals surface area (Å²) in [6, 6.07) is 12.9. The van der Waals surface area contributed by atoms with Crippen LogP contribution in [0.4, 0.5) is 5.69 Å². The van der Waals surface area contributed by atoms with Gasteiger partial charge in [0.25, 0.3) is 5.69 Å². The molecule has 0 radical (unpaired) electrons. The molecular formula is C20H24N2O4. The molecular weight excluding hydrogens is 332 g/mol. The maximum Gasteiger partial charge on any atom is 0.276 e. The minimum absolute atomic E-state index is 0.0268. The lowest BCUT2D eigenvalue weighted by atomic mass is 9.85. The third-order valence-corrected chi connectivity index (χ3v) is 4.95. The Kier molecular flexibility index (Phi) is 4.98. The summed E-state index contributed by atoms with van der Waals surface area (Å²) < 4.78 is 5.95. The maximum absolute atomic E-state index is 11.2. The number of nitrogens with zero attached hydrogens (tertiary/aromatic N) is 1. The molecule has 0 amide bonds. The lowest BCUT2D eigenvalue weighted by molar-refractivity contribution is -0.385. The van der Waals surface area contributed by atoms with Crippen molar-refractivity contribution in [3.05, 3.63) is 69.3 Å². The monoisotopic (exact) mass is 356 g/mol. The predicted octanol–water partition coefficient (Wildman–Crippen LogP) is 3.31. The van der Waals surface area contributed by atoms with E-state index in [2.05, 4.69) is 17.4 Å². The standard InChI is InChI=1S/C20H24N2O4/c1-13-16(22(24)25)10-9-15-17(19(23)20(2,3)26-18(13)15)21-12-11-14-7-5-4-6-8-14/h4-10,17,19,21,23H,11-12H2,1-3H3. The van der Waals surface area contributed by atoms with Gasteiger partial charge in [-0.2, -0.15) is 0 Å². The van der Waals surface area contributed by atoms with Crippen LogP contribution in [0.25, 0.3) is 0 Å². The van der Waals surface area contributed by atoms with Crippen LogP contribution in [0.2, 0.25) is 0 Å². The molecule has 3 rings (SSSR count). The molecule has 0 saturated carbocycles. The normalized spacial score (nSPS) is 20.9. The highest BCUT2D eigenvalue weighted by Crippen LogP contribution is 2.44. The molecule has 2 N–H and O–H groups in total. The Morgan fingerprint density at radius 2 is 1.92 bits per heavy atom. The molecule has 2 unspecified atom stereocenters. The van der Waals surface area contributed by atoms with E-state index in [0.717, 1.165) is 12.0 Å². The van der Waals surface area contributed by atoms with Crippen molar-refractivity contribution in [1.29, 1.82) is 0 Å². The van der Waals surface area contributed by atoms with Gasteiger partial charge in [0.05, 0.1) is 16.5 Å². The second-order valence-corrected chi connectivity index (χ2v) is 7.20. The third-order valence-electron chi connectivity index (χ3n) is 4.95. The van der Waals surface area contributed by atoms with Crippen LogP contribution < -0.4 is 10.1 Å². The van der Waals surface area contributed by atoms with Crippen LogP contribution >= 0.6 is 0 Å². The number of hydrogen-bond acceptors (Lipinski definition) is 5. The van der Waals surface area contributed by atoms with Crippen molar-refractivity contribution < 1.29 is 14.8 Å². The van der Waals surface area contributed by atoms with E-state index in [4.69, 9.17) is 4.74 Å². The first-order chi connectivity index (χ1) is 12.3. The smallest absolute Gasteiger partial charge is 0.276 e. The first-order valence-electron chi connectivity index (χ1n) is 8.73. The predicted molar refractivity (Wildman–Crippen MR) is 99.4 cm³/mol. The summed E-state index contributed by atoms with van der Waals surface area (Å²) in [5.41, 5.74) is 1.63. The second kappa shape index (κ2) is 7.05. The molecule has 0 fully saturated rings. The van der Waals surface area contributed by atoms with Gasteiger partial charge in [0, 0.05) is 11.6 Å². The molecule has 2 aromatic carbocycles. The van der Waals surface area contributed by atoms with Gasteiger partial charge in [0.1, 0.15) is 17.5 Å². The zero-order chi connectivity index (χ0) is 18.9. The fourth-order valence-electron chi connectivity index (χ4n) is 3.41. The molecule has 2 atom stereocenters. The Hall–Kier alpha value is -2.44. The largest absolute Gasteiger partial charge is 0.484 e. The SMILES string of the molecule is Cc1c([N+](=O)[O-])ccc2c1OC(C)(C)C(O)C2NCCc1ccccc1. The van der Waals surface area contributed by atoms with E-state index in [1.807, 2.05) is 18.2 Å². The maximum atomic E-state index is 11.2. The zero-order valence-electron chi connectivity index (χ0n) is 15.2. The molecule has 0 aromatic heterocycles. The van der Waals surface area contributed by atoms with Gasteiger partial charge < -0.3 is 15.2 Å². The molecule has 26 heavy (non-hydrogen) atoms. The van der Waals surface area contributed by atoms with Crippen molar-refractivity contribution in [1.82, 2.24) is 5.32 Å². The molecule has 1 aliphatic heterocycles. The van der Waals surface area contributed by atoms with Gasteiger partial charge in [-0.1, -0.05) is 30.3 Å². The summed E-state index contributed by atoms with van der Waals surface area (Å²) in [7, 11) is 0. The van der Waals surface area contributed by atoms with E-state index in [9.17, 15) is 15.2 Å². The van der Waals surface area contributed by atoms with E-state index in [1.54, 1.807) is 26.8 Å². The highest BCUT2D eigenvalue weighted by molar-refractivity contribution is 5.55. The van der Waals surface area contributed by atoms with E-state index in [0.29, 0.717) is 17.9 Å². The number of rotatable bonds is 5. The fraction of sp³-hybridized carbons (Fsp3) is 0.400. The number of fused-ring (bicyclic) bond motifs is 1. The van der Waals surface area contributed by atoms with Crippen molar-refractivity contribution in [2.75, 3.05) is 6.54 Å². The van der Waals surface area contributed by atoms with Gasteiger partial charge in [-0.25, -0.2) is 0 Å². The highest BCUT2D eigenvalue weighted by atomic mass is 16.6. The van der Waals surface area contributed by atoms with Crippen molar-refractivity contribution in [2.45, 2.75) is 44.9 Å². The average Bonchev–Trinajstić information content (AvgIpc) is 2.60. The van der Waals surface area contributed by atoms with Gasteiger partial charge in [0.15, 0.2) is 0 Å². The van der Waals surface area contributed by atoms with Crippen molar-refractivity contribution in [2.24, 2.45) is 0 Å². The van der Waals surface area contributed by atoms with Crippen LogP contribution in [0.1, 0.15) is 36.6 Å². The Bertz CT molecular complexity index is 805. The minimum atomic E-state index is -0.850. The quantitative estimate of drug-likeness (QED) is 0.634. The third kappa shape index (κ3) is 3.43. The van der Waals surface area contributed by atoms with Crippen LogP contribution in [0, 0.1) is 17.0 Å². The van der Waals surface area contributed by atoms with Crippen molar-refractivity contribution in [3.63, 3.8) is 0 Å². The summed E-state index contributed by atoms with van der Waals surface area (Å²) in [4.78, 5) is 10.8. The van der Waals surface area contributed by atoms with Gasteiger partial charge >= 0.3 is 0 Å². The number of hydrogen-bond donors (Lipinski definition) is 2. The summed E-state index contributed by atoms with van der Waals surface area (Å²) in [5, 5.41) is 25.4. The molecule has 138 valence electrons. The fourth-order valence-corrected chi connectivity index (χ4v) is 3.41. The molecule has 0 saturated heterocycles. The van der Waals surface area contributed by atoms with Gasteiger partial charge in [-0.15, -0.1) is 0 Å². The molecule has 2 aromatic rings. The summed E-state index contributed by atoms with van der Waals surface area (Å²) in [6.07, 6.45) is 0.0544. The van der Waals surface area contributed by atoms with Crippen LogP contribution in [-0.2, 0) is 6.42 Å². The van der Waals surface area contributed by atoms with Crippen molar-refractivity contribution in [3.8, 4) is 5.75 Å². The molecule has 6 heteroatoms. The molecule has 0 aliphatic carbocycles. The van der Waals surface area contributed by atoms with E-state index < -0.39 is 16.6 Å². The summed E-state index contributed by atoms with van der Waals surface area (Å²) in [6.45, 7) is 5.96. The first-order valence-corrected chi connectivity index (χ1v) is 8.73. The molecule has 1 aliphatic rings. The number of nitro groups is 1. The Labute approximate surface area is 153 Å². The molecule has 1 heterocycles. The van der Waals surface area contributed by atoms with Crippen LogP contribution in [0.5, 0.6) is 5.75 Å². The zero-order valence-corrected chi connectivity index (χ0v) is 15.2. The van der Waals surface area contributed by atoms with Crippen LogP contribution in [0.3, 0.4) is 0 Å². The average molecular weight is 356 g/mol. The Morgan fingerprint density at radius 1 is 1.23 bits per heavy atom. The number of nitrogens with one attached hydrogen (secondary N) is 1. The molecule has 0 spiro atoms. The lowest BCUT2D eigenvalue weighted by Crippen LogP contribution is -2.53. The number of aliphatic hydroxyl groups is 1. The number of ether oxygens (including phenoxy) is 1.